The smallest absolute Gasteiger partial charge is 0.322 e. The summed E-state index contributed by atoms with van der Waals surface area (Å²) in [4.78, 5) is 53.5. The largest absolute Gasteiger partial charge is 0.355 e. The van der Waals surface area contributed by atoms with Crippen LogP contribution in [0.2, 0.25) is 0 Å². The summed E-state index contributed by atoms with van der Waals surface area (Å²) in [6.07, 6.45) is 1.78. The van der Waals surface area contributed by atoms with Crippen molar-refractivity contribution in [3.05, 3.63) is 22.5 Å². The fourth-order valence-electron chi connectivity index (χ4n) is 4.49. The number of H-pyrrole nitrogens is 1. The Morgan fingerprint density at radius 3 is 2.26 bits per heavy atom. The Hall–Kier alpha value is -2.64. The van der Waals surface area contributed by atoms with E-state index in [-0.39, 0.29) is 23.5 Å². The Morgan fingerprint density at radius 1 is 1.19 bits per heavy atom. The highest BCUT2D eigenvalue weighted by atomic mass is 16.2. The van der Waals surface area contributed by atoms with E-state index in [0.717, 1.165) is 0 Å². The number of Topliss-reactive ketones (excluding diaryl/α,β-unsaturated/α-hetero) is 1. The normalized spacial score (nSPS) is 23.3. The van der Waals surface area contributed by atoms with E-state index in [1.165, 1.54) is 6.92 Å². The monoisotopic (exact) mass is 374 g/mol. The van der Waals surface area contributed by atoms with Crippen LogP contribution < -0.4 is 10.6 Å². The molecule has 2 fully saturated rings. The van der Waals surface area contributed by atoms with Crippen LogP contribution in [-0.2, 0) is 4.79 Å². The molecule has 27 heavy (non-hydrogen) atoms. The molecule has 2 saturated heterocycles. The Kier molecular flexibility index (Phi) is 4.84. The molecule has 0 saturated carbocycles. The number of hydrogen-bond acceptors (Lipinski definition) is 4. The number of hydrogen-bond donors (Lipinski definition) is 3. The molecule has 3 rings (SSSR count). The van der Waals surface area contributed by atoms with Crippen LogP contribution in [-0.4, -0.2) is 52.1 Å². The van der Waals surface area contributed by atoms with Gasteiger partial charge in [0.05, 0.1) is 11.3 Å². The van der Waals surface area contributed by atoms with Crippen LogP contribution in [0.4, 0.5) is 4.79 Å². The number of aromatic amines is 1. The molecule has 1 atom stereocenters. The van der Waals surface area contributed by atoms with Crippen molar-refractivity contribution in [2.75, 3.05) is 13.1 Å². The van der Waals surface area contributed by atoms with Gasteiger partial charge in [-0.15, -0.1) is 0 Å². The second-order valence-corrected chi connectivity index (χ2v) is 7.48. The Morgan fingerprint density at radius 2 is 1.81 bits per heavy atom. The third-order valence-corrected chi connectivity index (χ3v) is 6.01. The highest BCUT2D eigenvalue weighted by Crippen LogP contribution is 2.34. The van der Waals surface area contributed by atoms with E-state index in [1.54, 1.807) is 18.7 Å². The molecule has 0 spiro atoms. The van der Waals surface area contributed by atoms with Crippen LogP contribution >= 0.6 is 0 Å². The summed E-state index contributed by atoms with van der Waals surface area (Å²) in [5.41, 5.74) is 1.52. The lowest BCUT2D eigenvalue weighted by molar-refractivity contribution is -0.126. The van der Waals surface area contributed by atoms with Gasteiger partial charge in [0.25, 0.3) is 11.8 Å². The van der Waals surface area contributed by atoms with Gasteiger partial charge < -0.3 is 15.2 Å². The van der Waals surface area contributed by atoms with E-state index in [4.69, 9.17) is 0 Å². The fourth-order valence-corrected chi connectivity index (χ4v) is 4.49. The molecule has 1 aromatic rings. The third kappa shape index (κ3) is 3.02. The summed E-state index contributed by atoms with van der Waals surface area (Å²) in [6, 6.07) is -0.448. The van der Waals surface area contributed by atoms with Crippen molar-refractivity contribution in [2.45, 2.75) is 52.5 Å². The summed E-state index contributed by atoms with van der Waals surface area (Å²) in [5, 5.41) is 5.14. The molecule has 2 aliphatic heterocycles. The number of urea groups is 1. The number of ketones is 1. The van der Waals surface area contributed by atoms with Crippen LogP contribution in [0.25, 0.3) is 0 Å². The predicted molar refractivity (Wildman–Crippen MR) is 98.6 cm³/mol. The number of carbonyl (C=O) groups excluding carboxylic acids is 4. The van der Waals surface area contributed by atoms with E-state index >= 15 is 0 Å². The van der Waals surface area contributed by atoms with Gasteiger partial charge >= 0.3 is 6.03 Å². The van der Waals surface area contributed by atoms with Crippen molar-refractivity contribution in [3.8, 4) is 0 Å². The lowest BCUT2D eigenvalue weighted by Gasteiger charge is -2.40. The van der Waals surface area contributed by atoms with Gasteiger partial charge in [0.15, 0.2) is 5.78 Å². The maximum atomic E-state index is 13.0. The molecule has 0 radical (unpaired) electrons. The molecule has 0 bridgehead atoms. The average Bonchev–Trinajstić information content (AvgIpc) is 3.10. The number of rotatable bonds is 4. The highest BCUT2D eigenvalue weighted by Gasteiger charge is 2.51. The lowest BCUT2D eigenvalue weighted by atomic mass is 9.76. The molecule has 3 N–H and O–H groups in total. The minimum atomic E-state index is -0.881. The van der Waals surface area contributed by atoms with Crippen LogP contribution in [0.5, 0.6) is 0 Å². The Labute approximate surface area is 158 Å². The number of aryl methyl sites for hydroxylation is 1. The van der Waals surface area contributed by atoms with Gasteiger partial charge in [-0.2, -0.15) is 0 Å². The molecule has 8 nitrogen and oxygen atoms in total. The van der Waals surface area contributed by atoms with Crippen LogP contribution in [0, 0.1) is 19.8 Å². The van der Waals surface area contributed by atoms with E-state index in [1.807, 2.05) is 6.92 Å². The molecule has 1 aromatic heterocycles. The predicted octanol–water partition coefficient (Wildman–Crippen LogP) is 1.67. The summed E-state index contributed by atoms with van der Waals surface area (Å²) in [6.45, 7) is 7.96. The van der Waals surface area contributed by atoms with Crippen molar-refractivity contribution < 1.29 is 19.2 Å². The first-order chi connectivity index (χ1) is 12.7. The first-order valence-electron chi connectivity index (χ1n) is 9.34. The van der Waals surface area contributed by atoms with Crippen LogP contribution in [0.1, 0.15) is 65.2 Å². The number of amides is 4. The van der Waals surface area contributed by atoms with Crippen molar-refractivity contribution in [1.82, 2.24) is 20.5 Å². The second kappa shape index (κ2) is 6.83. The molecule has 8 heteroatoms. The fraction of sp³-hybridized carbons (Fsp3) is 0.579. The number of likely N-dealkylation sites (tertiary alicyclic amines) is 1. The molecule has 0 aliphatic carbocycles. The van der Waals surface area contributed by atoms with Gasteiger partial charge in [0, 0.05) is 25.7 Å². The van der Waals surface area contributed by atoms with E-state index in [0.29, 0.717) is 54.9 Å². The van der Waals surface area contributed by atoms with E-state index < -0.39 is 11.6 Å². The molecule has 2 aliphatic rings. The maximum absolute atomic E-state index is 13.0. The van der Waals surface area contributed by atoms with Crippen molar-refractivity contribution >= 4 is 23.6 Å². The Balaban J connectivity index is 1.75. The Bertz CT molecular complexity index is 820. The van der Waals surface area contributed by atoms with Crippen molar-refractivity contribution in [3.63, 3.8) is 0 Å². The molecule has 146 valence electrons. The average molecular weight is 374 g/mol. The van der Waals surface area contributed by atoms with Crippen LogP contribution in [0.3, 0.4) is 0 Å². The van der Waals surface area contributed by atoms with Crippen LogP contribution in [0.15, 0.2) is 0 Å². The SMILES string of the molecule is CCC1(C2CCN(C(=O)c3c(C)[nH]c(C(C)=O)c3C)CC2)NC(=O)NC1=O. The maximum Gasteiger partial charge on any atom is 0.322 e. The molecule has 1 unspecified atom stereocenters. The van der Waals surface area contributed by atoms with Gasteiger partial charge in [-0.3, -0.25) is 19.7 Å². The van der Waals surface area contributed by atoms with Gasteiger partial charge in [0.2, 0.25) is 0 Å². The molecule has 3 heterocycles. The summed E-state index contributed by atoms with van der Waals surface area (Å²) < 4.78 is 0. The number of aromatic nitrogens is 1. The number of piperidine rings is 1. The van der Waals surface area contributed by atoms with E-state index in [9.17, 15) is 19.2 Å². The second-order valence-electron chi connectivity index (χ2n) is 7.48. The first-order valence-corrected chi connectivity index (χ1v) is 9.34. The number of nitrogens with zero attached hydrogens (tertiary/aromatic N) is 1. The molecular formula is C19H26N4O4. The van der Waals surface area contributed by atoms with E-state index in [2.05, 4.69) is 15.6 Å². The first kappa shape index (κ1) is 19.1. The zero-order valence-corrected chi connectivity index (χ0v) is 16.2. The summed E-state index contributed by atoms with van der Waals surface area (Å²) in [7, 11) is 0. The topological polar surface area (TPSA) is 111 Å². The number of nitrogens with one attached hydrogen (secondary N) is 3. The van der Waals surface area contributed by atoms with Gasteiger partial charge in [-0.25, -0.2) is 4.79 Å². The quantitative estimate of drug-likeness (QED) is 0.550. The summed E-state index contributed by atoms with van der Waals surface area (Å²) >= 11 is 0. The molecule has 0 aromatic carbocycles. The van der Waals surface area contributed by atoms with Gasteiger partial charge in [0.1, 0.15) is 5.54 Å². The minimum absolute atomic E-state index is 0.0146. The van der Waals surface area contributed by atoms with Gasteiger partial charge in [-0.1, -0.05) is 6.92 Å². The standard InChI is InChI=1S/C19H26N4O4/c1-5-19(17(26)21-18(27)22-19)13-6-8-23(9-7-13)16(25)14-10(2)15(12(4)24)20-11(14)3/h13,20H,5-9H2,1-4H3,(H2,21,22,26,27). The molecular weight excluding hydrogens is 348 g/mol. The zero-order valence-electron chi connectivity index (χ0n) is 16.2. The van der Waals surface area contributed by atoms with Crippen molar-refractivity contribution in [1.29, 1.82) is 0 Å². The zero-order chi connectivity index (χ0) is 19.9. The minimum Gasteiger partial charge on any atom is -0.355 e. The summed E-state index contributed by atoms with van der Waals surface area (Å²) in [5.74, 6) is -0.485. The number of carbonyl (C=O) groups is 4. The molecule has 4 amide bonds. The lowest BCUT2D eigenvalue weighted by Crippen LogP contribution is -2.56. The highest BCUT2D eigenvalue weighted by molar-refractivity contribution is 6.07. The third-order valence-electron chi connectivity index (χ3n) is 6.01. The van der Waals surface area contributed by atoms with Crippen molar-refractivity contribution in [2.24, 2.45) is 5.92 Å². The number of imide groups is 1. The van der Waals surface area contributed by atoms with Gasteiger partial charge in [-0.05, 0) is 44.6 Å².